The summed E-state index contributed by atoms with van der Waals surface area (Å²) in [5, 5.41) is 32.8. The van der Waals surface area contributed by atoms with Crippen LogP contribution in [0, 0.1) is 0 Å². The van der Waals surface area contributed by atoms with E-state index in [0.29, 0.717) is 12.1 Å². The lowest BCUT2D eigenvalue weighted by Gasteiger charge is -2.15. The van der Waals surface area contributed by atoms with Gasteiger partial charge in [-0.25, -0.2) is 4.79 Å². The molecule has 7 heteroatoms. The molecule has 7 nitrogen and oxygen atoms in total. The molecule has 0 radical (unpaired) electrons. The van der Waals surface area contributed by atoms with Crippen LogP contribution in [0.15, 0.2) is 30.9 Å². The summed E-state index contributed by atoms with van der Waals surface area (Å²) in [6.07, 6.45) is 1.58. The van der Waals surface area contributed by atoms with E-state index in [0.717, 1.165) is 0 Å². The van der Waals surface area contributed by atoms with Gasteiger partial charge in [-0.15, -0.1) is 6.58 Å². The molecule has 0 spiro atoms. The van der Waals surface area contributed by atoms with Gasteiger partial charge in [-0.05, 0) is 17.7 Å². The highest BCUT2D eigenvalue weighted by Crippen LogP contribution is 2.25. The molecule has 0 fully saturated rings. The molecule has 0 bridgehead atoms. The molecule has 21 heavy (non-hydrogen) atoms. The molecule has 0 aliphatic carbocycles. The molecule has 1 rings (SSSR count). The third-order valence-electron chi connectivity index (χ3n) is 2.69. The first-order valence-electron chi connectivity index (χ1n) is 6.28. The van der Waals surface area contributed by atoms with Crippen LogP contribution >= 0.6 is 0 Å². The van der Waals surface area contributed by atoms with Crippen molar-refractivity contribution in [1.82, 2.24) is 10.6 Å². The molecule has 114 valence electrons. The van der Waals surface area contributed by atoms with Crippen LogP contribution in [0.1, 0.15) is 5.56 Å². The molecular weight excluding hydrogens is 276 g/mol. The van der Waals surface area contributed by atoms with Crippen molar-refractivity contribution in [2.24, 2.45) is 0 Å². The molecule has 0 saturated carbocycles. The van der Waals surface area contributed by atoms with Crippen molar-refractivity contribution in [3.8, 4) is 11.5 Å². The zero-order valence-electron chi connectivity index (χ0n) is 11.4. The summed E-state index contributed by atoms with van der Waals surface area (Å²) in [6, 6.07) is 2.88. The SMILES string of the molecule is C=CCNCC(=O)NC(Cc1ccc(O)c(O)c1)C(=O)O. The Morgan fingerprint density at radius 3 is 2.57 bits per heavy atom. The molecule has 0 aliphatic heterocycles. The molecule has 1 aromatic rings. The van der Waals surface area contributed by atoms with Crippen LogP contribution in [0.2, 0.25) is 0 Å². The Morgan fingerprint density at radius 1 is 1.29 bits per heavy atom. The highest BCUT2D eigenvalue weighted by molar-refractivity contribution is 5.84. The molecule has 1 atom stereocenters. The second-order valence-corrected chi connectivity index (χ2v) is 4.41. The Balaban J connectivity index is 2.65. The topological polar surface area (TPSA) is 119 Å². The summed E-state index contributed by atoms with van der Waals surface area (Å²) < 4.78 is 0. The number of phenolic OH excluding ortho intramolecular Hbond substituents is 2. The van der Waals surface area contributed by atoms with E-state index in [9.17, 15) is 19.8 Å². The van der Waals surface area contributed by atoms with Crippen LogP contribution in [-0.4, -0.2) is 46.3 Å². The Morgan fingerprint density at radius 2 is 2.00 bits per heavy atom. The normalized spacial score (nSPS) is 11.6. The van der Waals surface area contributed by atoms with E-state index in [1.807, 2.05) is 0 Å². The van der Waals surface area contributed by atoms with Crippen molar-refractivity contribution < 1.29 is 24.9 Å². The quantitative estimate of drug-likeness (QED) is 0.261. The summed E-state index contributed by atoms with van der Waals surface area (Å²) >= 11 is 0. The number of benzene rings is 1. The van der Waals surface area contributed by atoms with Crippen LogP contribution in [0.25, 0.3) is 0 Å². The molecule has 1 amide bonds. The predicted molar refractivity (Wildman–Crippen MR) is 76.1 cm³/mol. The number of carboxylic acid groups (broad SMARTS) is 1. The number of carboxylic acids is 1. The van der Waals surface area contributed by atoms with Gasteiger partial charge in [0, 0.05) is 13.0 Å². The van der Waals surface area contributed by atoms with E-state index in [-0.39, 0.29) is 24.5 Å². The van der Waals surface area contributed by atoms with Crippen molar-refractivity contribution in [2.45, 2.75) is 12.5 Å². The van der Waals surface area contributed by atoms with Gasteiger partial charge in [0.05, 0.1) is 6.54 Å². The molecule has 0 aliphatic rings. The van der Waals surface area contributed by atoms with Gasteiger partial charge in [0.2, 0.25) is 5.91 Å². The summed E-state index contributed by atoms with van der Waals surface area (Å²) in [7, 11) is 0. The number of phenols is 2. The number of aromatic hydroxyl groups is 2. The lowest BCUT2D eigenvalue weighted by molar-refractivity contribution is -0.141. The standard InChI is InChI=1S/C14H18N2O5/c1-2-5-15-8-13(19)16-10(14(20)21)6-9-3-4-11(17)12(18)7-9/h2-4,7,10,15,17-18H,1,5-6,8H2,(H,16,19)(H,20,21). The minimum Gasteiger partial charge on any atom is -0.504 e. The summed E-state index contributed by atoms with van der Waals surface area (Å²) in [5.41, 5.74) is 0.483. The molecule has 0 saturated heterocycles. The summed E-state index contributed by atoms with van der Waals surface area (Å²) in [4.78, 5) is 22.7. The van der Waals surface area contributed by atoms with E-state index in [1.54, 1.807) is 6.08 Å². The van der Waals surface area contributed by atoms with Gasteiger partial charge >= 0.3 is 5.97 Å². The van der Waals surface area contributed by atoms with E-state index in [2.05, 4.69) is 17.2 Å². The highest BCUT2D eigenvalue weighted by Gasteiger charge is 2.20. The predicted octanol–water partition coefficient (Wildman–Crippen LogP) is -0.0147. The van der Waals surface area contributed by atoms with Gasteiger partial charge < -0.3 is 26.0 Å². The summed E-state index contributed by atoms with van der Waals surface area (Å²) in [5.74, 6) is -2.26. The maximum atomic E-state index is 11.6. The van der Waals surface area contributed by atoms with Crippen LogP contribution in [0.4, 0.5) is 0 Å². The van der Waals surface area contributed by atoms with Gasteiger partial charge in [0.1, 0.15) is 6.04 Å². The van der Waals surface area contributed by atoms with E-state index < -0.39 is 17.9 Å². The minimum atomic E-state index is -1.18. The van der Waals surface area contributed by atoms with Crippen molar-refractivity contribution in [2.75, 3.05) is 13.1 Å². The third kappa shape index (κ3) is 5.53. The third-order valence-corrected chi connectivity index (χ3v) is 2.69. The monoisotopic (exact) mass is 294 g/mol. The Labute approximate surface area is 121 Å². The second-order valence-electron chi connectivity index (χ2n) is 4.41. The number of nitrogens with one attached hydrogen (secondary N) is 2. The van der Waals surface area contributed by atoms with E-state index in [4.69, 9.17) is 5.11 Å². The highest BCUT2D eigenvalue weighted by atomic mass is 16.4. The minimum absolute atomic E-state index is 0.00360. The number of amides is 1. The fraction of sp³-hybridized carbons (Fsp3) is 0.286. The number of aliphatic carboxylic acids is 1. The number of hydrogen-bond acceptors (Lipinski definition) is 5. The van der Waals surface area contributed by atoms with Gasteiger partial charge in [0.15, 0.2) is 11.5 Å². The maximum Gasteiger partial charge on any atom is 0.326 e. The smallest absolute Gasteiger partial charge is 0.326 e. The fourth-order valence-corrected chi connectivity index (χ4v) is 1.66. The van der Waals surface area contributed by atoms with Gasteiger partial charge in [-0.1, -0.05) is 12.1 Å². The van der Waals surface area contributed by atoms with Gasteiger partial charge in [0.25, 0.3) is 0 Å². The van der Waals surface area contributed by atoms with Gasteiger partial charge in [-0.3, -0.25) is 4.79 Å². The van der Waals surface area contributed by atoms with E-state index in [1.165, 1.54) is 18.2 Å². The lowest BCUT2D eigenvalue weighted by atomic mass is 10.1. The zero-order valence-corrected chi connectivity index (χ0v) is 11.4. The Hall–Kier alpha value is -2.54. The van der Waals surface area contributed by atoms with Crippen molar-refractivity contribution in [3.05, 3.63) is 36.4 Å². The van der Waals surface area contributed by atoms with Crippen LogP contribution < -0.4 is 10.6 Å². The van der Waals surface area contributed by atoms with Crippen molar-refractivity contribution in [1.29, 1.82) is 0 Å². The first-order chi connectivity index (χ1) is 9.93. The number of carbonyl (C=O) groups is 2. The van der Waals surface area contributed by atoms with Crippen molar-refractivity contribution >= 4 is 11.9 Å². The van der Waals surface area contributed by atoms with Gasteiger partial charge in [-0.2, -0.15) is 0 Å². The molecule has 0 heterocycles. The zero-order chi connectivity index (χ0) is 15.8. The first kappa shape index (κ1) is 16.5. The lowest BCUT2D eigenvalue weighted by Crippen LogP contribution is -2.45. The molecule has 1 aromatic carbocycles. The van der Waals surface area contributed by atoms with Crippen molar-refractivity contribution in [3.63, 3.8) is 0 Å². The first-order valence-corrected chi connectivity index (χ1v) is 6.28. The Kier molecular flexibility index (Phi) is 6.22. The molecular formula is C14H18N2O5. The van der Waals surface area contributed by atoms with Crippen LogP contribution in [-0.2, 0) is 16.0 Å². The number of carbonyl (C=O) groups excluding carboxylic acids is 1. The molecule has 5 N–H and O–H groups in total. The average molecular weight is 294 g/mol. The van der Waals surface area contributed by atoms with Crippen LogP contribution in [0.5, 0.6) is 11.5 Å². The molecule has 0 aromatic heterocycles. The number of rotatable bonds is 8. The molecule has 1 unspecified atom stereocenters. The van der Waals surface area contributed by atoms with E-state index >= 15 is 0 Å². The fourth-order valence-electron chi connectivity index (χ4n) is 1.66. The Bertz CT molecular complexity index is 530. The average Bonchev–Trinajstić information content (AvgIpc) is 2.42. The second kappa shape index (κ2) is 7.91. The summed E-state index contributed by atoms with van der Waals surface area (Å²) in [6.45, 7) is 3.91. The van der Waals surface area contributed by atoms with Crippen LogP contribution in [0.3, 0.4) is 0 Å². The maximum absolute atomic E-state index is 11.6. The number of hydrogen-bond donors (Lipinski definition) is 5. The largest absolute Gasteiger partial charge is 0.504 e.